The molecule has 0 radical (unpaired) electrons. The van der Waals surface area contributed by atoms with Crippen molar-refractivity contribution in [3.8, 4) is 0 Å². The van der Waals surface area contributed by atoms with E-state index in [9.17, 15) is 18.0 Å². The first-order valence-corrected chi connectivity index (χ1v) is 7.74. The fraction of sp³-hybridized carbons (Fsp3) is 0.278. The molecule has 0 aliphatic carbocycles. The van der Waals surface area contributed by atoms with Gasteiger partial charge in [-0.2, -0.15) is 13.2 Å². The van der Waals surface area contributed by atoms with Gasteiger partial charge < -0.3 is 10.6 Å². The van der Waals surface area contributed by atoms with E-state index in [2.05, 4.69) is 10.6 Å². The average Bonchev–Trinajstić information content (AvgIpc) is 2.54. The van der Waals surface area contributed by atoms with Gasteiger partial charge in [-0.25, -0.2) is 0 Å². The molecule has 0 fully saturated rings. The van der Waals surface area contributed by atoms with Crippen LogP contribution >= 0.6 is 12.4 Å². The molecule has 0 aromatic heterocycles. The number of aryl methyl sites for hydroxylation is 1. The fourth-order valence-corrected chi connectivity index (χ4v) is 2.75. The van der Waals surface area contributed by atoms with E-state index in [1.54, 1.807) is 0 Å². The van der Waals surface area contributed by atoms with Gasteiger partial charge in [0.2, 0.25) is 5.91 Å². The third-order valence-corrected chi connectivity index (χ3v) is 3.97. The predicted molar refractivity (Wildman–Crippen MR) is 94.3 cm³/mol. The Bertz CT molecular complexity index is 745. The third kappa shape index (κ3) is 4.89. The van der Waals surface area contributed by atoms with Crippen molar-refractivity contribution in [1.29, 1.82) is 0 Å². The summed E-state index contributed by atoms with van der Waals surface area (Å²) in [6, 6.07) is 10.3. The maximum atomic E-state index is 12.5. The van der Waals surface area contributed by atoms with Crippen molar-refractivity contribution in [2.45, 2.75) is 25.4 Å². The number of amides is 1. The lowest BCUT2D eigenvalue weighted by Gasteiger charge is -2.18. The van der Waals surface area contributed by atoms with Crippen molar-refractivity contribution in [3.63, 3.8) is 0 Å². The van der Waals surface area contributed by atoms with E-state index in [-0.39, 0.29) is 24.7 Å². The molecule has 134 valence electrons. The third-order valence-electron chi connectivity index (χ3n) is 3.97. The number of carbonyl (C=O) groups excluding carboxylic acids is 1. The molecule has 3 rings (SSSR count). The van der Waals surface area contributed by atoms with Gasteiger partial charge in [0.1, 0.15) is 0 Å². The molecular formula is C18H18ClF3N2O. The van der Waals surface area contributed by atoms with E-state index in [0.29, 0.717) is 11.3 Å². The number of fused-ring (bicyclic) bond motifs is 1. The molecule has 3 nitrogen and oxygen atoms in total. The smallest absolute Gasteiger partial charge is 0.385 e. The molecule has 1 aliphatic rings. The first kappa shape index (κ1) is 19.1. The van der Waals surface area contributed by atoms with E-state index >= 15 is 0 Å². The molecule has 1 amide bonds. The highest BCUT2D eigenvalue weighted by Crippen LogP contribution is 2.29. The van der Waals surface area contributed by atoms with Crippen LogP contribution in [0, 0.1) is 0 Å². The number of hydrogen-bond acceptors (Lipinski definition) is 2. The lowest BCUT2D eigenvalue weighted by molar-refractivity contribution is -0.137. The van der Waals surface area contributed by atoms with Crippen LogP contribution in [0.5, 0.6) is 0 Å². The minimum atomic E-state index is -4.36. The van der Waals surface area contributed by atoms with Crippen LogP contribution in [0.4, 0.5) is 24.5 Å². The summed E-state index contributed by atoms with van der Waals surface area (Å²) in [4.78, 5) is 12.1. The van der Waals surface area contributed by atoms with Crippen molar-refractivity contribution < 1.29 is 18.0 Å². The number of anilines is 2. The van der Waals surface area contributed by atoms with Gasteiger partial charge in [0.15, 0.2) is 0 Å². The number of nitrogens with one attached hydrogen (secondary N) is 2. The monoisotopic (exact) mass is 370 g/mol. The second kappa shape index (κ2) is 7.78. The molecule has 0 saturated heterocycles. The summed E-state index contributed by atoms with van der Waals surface area (Å²) < 4.78 is 37.6. The summed E-state index contributed by atoms with van der Waals surface area (Å²) >= 11 is 0. The summed E-state index contributed by atoms with van der Waals surface area (Å²) in [6.07, 6.45) is -2.31. The van der Waals surface area contributed by atoms with E-state index in [0.717, 1.165) is 42.8 Å². The van der Waals surface area contributed by atoms with Crippen LogP contribution in [0.25, 0.3) is 0 Å². The van der Waals surface area contributed by atoms with Gasteiger partial charge in [-0.15, -0.1) is 12.4 Å². The van der Waals surface area contributed by atoms with E-state index < -0.39 is 11.7 Å². The molecule has 2 aromatic rings. The topological polar surface area (TPSA) is 41.1 Å². The second-order valence-electron chi connectivity index (χ2n) is 5.82. The molecule has 0 saturated carbocycles. The minimum absolute atomic E-state index is 0. The Morgan fingerprint density at radius 3 is 2.52 bits per heavy atom. The quantitative estimate of drug-likeness (QED) is 0.824. The van der Waals surface area contributed by atoms with Gasteiger partial charge in [0, 0.05) is 17.9 Å². The SMILES string of the molecule is Cl.O=C(Cc1ccc(C(F)(F)F)cc1)Nc1ccc2c(c1)CCCN2. The Kier molecular flexibility index (Phi) is 5.95. The highest BCUT2D eigenvalue weighted by Gasteiger charge is 2.29. The van der Waals surface area contributed by atoms with Crippen LogP contribution < -0.4 is 10.6 Å². The van der Waals surface area contributed by atoms with Crippen LogP contribution in [0.3, 0.4) is 0 Å². The summed E-state index contributed by atoms with van der Waals surface area (Å²) in [5.74, 6) is -0.251. The van der Waals surface area contributed by atoms with E-state index in [1.165, 1.54) is 12.1 Å². The van der Waals surface area contributed by atoms with Crippen LogP contribution in [0.1, 0.15) is 23.1 Å². The molecule has 2 aromatic carbocycles. The van der Waals surface area contributed by atoms with Crippen molar-refractivity contribution in [1.82, 2.24) is 0 Å². The van der Waals surface area contributed by atoms with E-state index in [1.807, 2.05) is 18.2 Å². The summed E-state index contributed by atoms with van der Waals surface area (Å²) in [5.41, 5.74) is 2.78. The zero-order valence-corrected chi connectivity index (χ0v) is 14.1. The lowest BCUT2D eigenvalue weighted by Crippen LogP contribution is -2.16. The number of halogens is 4. The Balaban J connectivity index is 0.00000225. The number of alkyl halides is 3. The average molecular weight is 371 g/mol. The van der Waals surface area contributed by atoms with Gasteiger partial charge in [0.05, 0.1) is 12.0 Å². The Labute approximate surface area is 150 Å². The van der Waals surface area contributed by atoms with Gasteiger partial charge in [0.25, 0.3) is 0 Å². The van der Waals surface area contributed by atoms with Crippen LogP contribution in [-0.2, 0) is 23.8 Å². The highest BCUT2D eigenvalue weighted by atomic mass is 35.5. The first-order chi connectivity index (χ1) is 11.4. The van der Waals surface area contributed by atoms with E-state index in [4.69, 9.17) is 0 Å². The Hall–Kier alpha value is -2.21. The van der Waals surface area contributed by atoms with Gasteiger partial charge in [-0.1, -0.05) is 12.1 Å². The van der Waals surface area contributed by atoms with Crippen LogP contribution in [0.15, 0.2) is 42.5 Å². The summed E-state index contributed by atoms with van der Waals surface area (Å²) in [7, 11) is 0. The summed E-state index contributed by atoms with van der Waals surface area (Å²) in [5, 5.41) is 6.09. The first-order valence-electron chi connectivity index (χ1n) is 7.74. The number of carbonyl (C=O) groups is 1. The number of rotatable bonds is 3. The predicted octanol–water partition coefficient (Wildman–Crippen LogP) is 4.67. The Morgan fingerprint density at radius 1 is 1.12 bits per heavy atom. The minimum Gasteiger partial charge on any atom is -0.385 e. The van der Waals surface area contributed by atoms with Crippen LogP contribution in [0.2, 0.25) is 0 Å². The van der Waals surface area contributed by atoms with Crippen molar-refractivity contribution in [2.75, 3.05) is 17.2 Å². The van der Waals surface area contributed by atoms with Gasteiger partial charge in [-0.05, 0) is 54.3 Å². The highest BCUT2D eigenvalue weighted by molar-refractivity contribution is 5.92. The molecule has 2 N–H and O–H groups in total. The largest absolute Gasteiger partial charge is 0.416 e. The normalized spacial score (nSPS) is 13.2. The Morgan fingerprint density at radius 2 is 1.84 bits per heavy atom. The van der Waals surface area contributed by atoms with Crippen molar-refractivity contribution >= 4 is 29.7 Å². The molecule has 25 heavy (non-hydrogen) atoms. The molecule has 0 unspecified atom stereocenters. The number of hydrogen-bond donors (Lipinski definition) is 2. The maximum Gasteiger partial charge on any atom is 0.416 e. The molecule has 1 aliphatic heterocycles. The van der Waals surface area contributed by atoms with Crippen molar-refractivity contribution in [2.24, 2.45) is 0 Å². The molecule has 7 heteroatoms. The molecule has 0 spiro atoms. The zero-order chi connectivity index (χ0) is 17.2. The molecule has 0 atom stereocenters. The summed E-state index contributed by atoms with van der Waals surface area (Å²) in [6.45, 7) is 0.951. The maximum absolute atomic E-state index is 12.5. The standard InChI is InChI=1S/C18H17F3N2O.ClH/c19-18(20,21)14-5-3-12(4-6-14)10-17(24)23-15-7-8-16-13(11-15)2-1-9-22-16;/h3-8,11,22H,1-2,9-10H2,(H,23,24);1H. The van der Waals surface area contributed by atoms with Crippen LogP contribution in [-0.4, -0.2) is 12.5 Å². The fourth-order valence-electron chi connectivity index (χ4n) is 2.75. The van der Waals surface area contributed by atoms with Crippen molar-refractivity contribution in [3.05, 3.63) is 59.2 Å². The second-order valence-corrected chi connectivity index (χ2v) is 5.82. The molecular weight excluding hydrogens is 353 g/mol. The number of benzene rings is 2. The molecule has 0 bridgehead atoms. The van der Waals surface area contributed by atoms with Gasteiger partial charge >= 0.3 is 6.18 Å². The zero-order valence-electron chi connectivity index (χ0n) is 13.3. The molecule has 1 heterocycles. The van der Waals surface area contributed by atoms with Gasteiger partial charge in [-0.3, -0.25) is 4.79 Å². The lowest BCUT2D eigenvalue weighted by atomic mass is 10.0.